The van der Waals surface area contributed by atoms with E-state index in [1.54, 1.807) is 6.92 Å². The zero-order valence-electron chi connectivity index (χ0n) is 7.62. The van der Waals surface area contributed by atoms with Gasteiger partial charge in [-0.25, -0.2) is 4.79 Å². The van der Waals surface area contributed by atoms with Crippen molar-refractivity contribution in [3.05, 3.63) is 0 Å². The molecule has 0 bridgehead atoms. The van der Waals surface area contributed by atoms with Crippen LogP contribution in [0.3, 0.4) is 0 Å². The minimum atomic E-state index is -1.07. The van der Waals surface area contributed by atoms with E-state index in [0.717, 1.165) is 6.42 Å². The van der Waals surface area contributed by atoms with Gasteiger partial charge >= 0.3 is 5.97 Å². The fourth-order valence-corrected chi connectivity index (χ4v) is 0.636. The van der Waals surface area contributed by atoms with Crippen LogP contribution in [-0.2, 0) is 9.53 Å². The van der Waals surface area contributed by atoms with E-state index in [-0.39, 0.29) is 19.1 Å². The quantitative estimate of drug-likeness (QED) is 0.578. The number of carbonyl (C=O) groups excluding carboxylic acids is 1. The van der Waals surface area contributed by atoms with E-state index in [2.05, 4.69) is 0 Å². The van der Waals surface area contributed by atoms with Gasteiger partial charge in [0.05, 0.1) is 6.10 Å². The summed E-state index contributed by atoms with van der Waals surface area (Å²) in [7, 11) is 0. The van der Waals surface area contributed by atoms with Gasteiger partial charge in [0.25, 0.3) is 0 Å². The van der Waals surface area contributed by atoms with Gasteiger partial charge in [0.15, 0.2) is 6.10 Å². The molecule has 1 unspecified atom stereocenters. The van der Waals surface area contributed by atoms with E-state index in [4.69, 9.17) is 15.6 Å². The van der Waals surface area contributed by atoms with Crippen LogP contribution < -0.4 is 5.73 Å². The van der Waals surface area contributed by atoms with Gasteiger partial charge in [-0.2, -0.15) is 0 Å². The smallest absolute Gasteiger partial charge is 0.335 e. The van der Waals surface area contributed by atoms with Gasteiger partial charge in [-0.05, 0) is 26.3 Å². The van der Waals surface area contributed by atoms with Gasteiger partial charge < -0.3 is 15.6 Å². The molecule has 4 nitrogen and oxygen atoms in total. The van der Waals surface area contributed by atoms with Gasteiger partial charge in [0, 0.05) is 0 Å². The fraction of sp³-hybridized carbons (Fsp3) is 0.875. The van der Waals surface area contributed by atoms with E-state index >= 15 is 0 Å². The topological polar surface area (TPSA) is 72.5 Å². The maximum atomic E-state index is 11.0. The van der Waals surface area contributed by atoms with Crippen LogP contribution in [0, 0.1) is 0 Å². The number of ether oxygens (including phenoxy) is 1. The molecule has 0 aromatic carbocycles. The molecule has 0 radical (unpaired) electrons. The minimum Gasteiger partial charge on any atom is -0.461 e. The van der Waals surface area contributed by atoms with Crippen molar-refractivity contribution in [3.8, 4) is 0 Å². The Kier molecular flexibility index (Phi) is 5.66. The Morgan fingerprint density at radius 3 is 2.67 bits per heavy atom. The molecule has 0 heterocycles. The van der Waals surface area contributed by atoms with Gasteiger partial charge in [-0.3, -0.25) is 0 Å². The average molecular weight is 175 g/mol. The molecule has 0 rings (SSSR count). The summed E-state index contributed by atoms with van der Waals surface area (Å²) in [6, 6.07) is 0. The van der Waals surface area contributed by atoms with E-state index in [0.29, 0.717) is 0 Å². The predicted molar refractivity (Wildman–Crippen MR) is 45.5 cm³/mol. The minimum absolute atomic E-state index is 0.134. The predicted octanol–water partition coefficient (Wildman–Crippen LogP) is 0.0378. The Balaban J connectivity index is 3.70. The molecule has 0 aliphatic rings. The molecule has 0 aliphatic heterocycles. The standard InChI is InChI=1S/C8H17NO3/c1-3-6(2)12-8(11)7(10)4-5-9/h6-7,10H,3-5,9H2,1-2H3/t6?,7-/m0/s1. The highest BCUT2D eigenvalue weighted by Crippen LogP contribution is 2.00. The lowest BCUT2D eigenvalue weighted by Crippen LogP contribution is -2.28. The Labute approximate surface area is 72.7 Å². The highest BCUT2D eigenvalue weighted by atomic mass is 16.6. The van der Waals surface area contributed by atoms with Crippen molar-refractivity contribution >= 4 is 5.97 Å². The molecule has 0 aromatic heterocycles. The Hall–Kier alpha value is -0.610. The van der Waals surface area contributed by atoms with Crippen LogP contribution in [0.15, 0.2) is 0 Å². The first-order valence-electron chi connectivity index (χ1n) is 4.20. The Bertz CT molecular complexity index is 138. The molecule has 0 aromatic rings. The van der Waals surface area contributed by atoms with Crippen molar-refractivity contribution < 1.29 is 14.6 Å². The second kappa shape index (κ2) is 5.97. The first-order valence-corrected chi connectivity index (χ1v) is 4.20. The van der Waals surface area contributed by atoms with Crippen LogP contribution in [0.4, 0.5) is 0 Å². The maximum Gasteiger partial charge on any atom is 0.335 e. The molecule has 0 saturated heterocycles. The number of nitrogens with two attached hydrogens (primary N) is 1. The second-order valence-corrected chi connectivity index (χ2v) is 2.75. The molecule has 4 heteroatoms. The van der Waals surface area contributed by atoms with E-state index < -0.39 is 12.1 Å². The van der Waals surface area contributed by atoms with Gasteiger partial charge in [-0.1, -0.05) is 6.92 Å². The van der Waals surface area contributed by atoms with Crippen molar-refractivity contribution in [1.82, 2.24) is 0 Å². The molecule has 0 aliphatic carbocycles. The molecule has 3 N–H and O–H groups in total. The lowest BCUT2D eigenvalue weighted by molar-refractivity contribution is -0.158. The lowest BCUT2D eigenvalue weighted by Gasteiger charge is -2.13. The number of aliphatic hydroxyl groups is 1. The fourth-order valence-electron chi connectivity index (χ4n) is 0.636. The molecule has 0 amide bonds. The van der Waals surface area contributed by atoms with Crippen LogP contribution in [0.25, 0.3) is 0 Å². The summed E-state index contributed by atoms with van der Waals surface area (Å²) in [6.07, 6.45) is -0.190. The number of esters is 1. The number of hydrogen-bond acceptors (Lipinski definition) is 4. The molecular weight excluding hydrogens is 158 g/mol. The van der Waals surface area contributed by atoms with Crippen LogP contribution >= 0.6 is 0 Å². The van der Waals surface area contributed by atoms with Crippen molar-refractivity contribution in [1.29, 1.82) is 0 Å². The molecule has 12 heavy (non-hydrogen) atoms. The summed E-state index contributed by atoms with van der Waals surface area (Å²) in [5.74, 6) is -0.574. The van der Waals surface area contributed by atoms with Crippen molar-refractivity contribution in [2.24, 2.45) is 5.73 Å². The Morgan fingerprint density at radius 2 is 2.25 bits per heavy atom. The largest absolute Gasteiger partial charge is 0.461 e. The van der Waals surface area contributed by atoms with Crippen LogP contribution in [0.1, 0.15) is 26.7 Å². The number of hydrogen-bond donors (Lipinski definition) is 2. The van der Waals surface area contributed by atoms with Crippen molar-refractivity contribution in [2.45, 2.75) is 38.9 Å². The van der Waals surface area contributed by atoms with Gasteiger partial charge in [0.1, 0.15) is 0 Å². The SMILES string of the molecule is CCC(C)OC(=O)[C@@H](O)CCN. The van der Waals surface area contributed by atoms with Crippen LogP contribution in [0.2, 0.25) is 0 Å². The van der Waals surface area contributed by atoms with E-state index in [1.165, 1.54) is 0 Å². The Morgan fingerprint density at radius 1 is 1.67 bits per heavy atom. The van der Waals surface area contributed by atoms with Gasteiger partial charge in [-0.15, -0.1) is 0 Å². The first kappa shape index (κ1) is 11.4. The zero-order chi connectivity index (χ0) is 9.56. The number of aliphatic hydroxyl groups excluding tert-OH is 1. The summed E-state index contributed by atoms with van der Waals surface area (Å²) in [5, 5.41) is 9.11. The second-order valence-electron chi connectivity index (χ2n) is 2.75. The lowest BCUT2D eigenvalue weighted by atomic mass is 10.2. The zero-order valence-corrected chi connectivity index (χ0v) is 7.62. The summed E-state index contributed by atoms with van der Waals surface area (Å²) in [5.41, 5.74) is 5.16. The summed E-state index contributed by atoms with van der Waals surface area (Å²) < 4.78 is 4.87. The van der Waals surface area contributed by atoms with Crippen LogP contribution in [-0.4, -0.2) is 29.8 Å². The third kappa shape index (κ3) is 4.31. The van der Waals surface area contributed by atoms with Crippen molar-refractivity contribution in [2.75, 3.05) is 6.54 Å². The van der Waals surface area contributed by atoms with Crippen LogP contribution in [0.5, 0.6) is 0 Å². The average Bonchev–Trinajstić information content (AvgIpc) is 2.04. The summed E-state index contributed by atoms with van der Waals surface area (Å²) in [4.78, 5) is 11.0. The van der Waals surface area contributed by atoms with Crippen molar-refractivity contribution in [3.63, 3.8) is 0 Å². The molecular formula is C8H17NO3. The maximum absolute atomic E-state index is 11.0. The molecule has 0 saturated carbocycles. The normalized spacial score (nSPS) is 15.3. The molecule has 2 atom stereocenters. The number of carbonyl (C=O) groups is 1. The summed E-state index contributed by atoms with van der Waals surface area (Å²) in [6.45, 7) is 3.98. The molecule has 0 fully saturated rings. The summed E-state index contributed by atoms with van der Waals surface area (Å²) >= 11 is 0. The first-order chi connectivity index (χ1) is 5.61. The van der Waals surface area contributed by atoms with Gasteiger partial charge in [0.2, 0.25) is 0 Å². The highest BCUT2D eigenvalue weighted by Gasteiger charge is 2.17. The third-order valence-electron chi connectivity index (χ3n) is 1.60. The monoisotopic (exact) mass is 175 g/mol. The van der Waals surface area contributed by atoms with E-state index in [1.807, 2.05) is 6.92 Å². The number of rotatable bonds is 5. The third-order valence-corrected chi connectivity index (χ3v) is 1.60. The molecule has 72 valence electrons. The highest BCUT2D eigenvalue weighted by molar-refractivity contribution is 5.74. The molecule has 0 spiro atoms. The van der Waals surface area contributed by atoms with E-state index in [9.17, 15) is 4.79 Å².